The van der Waals surface area contributed by atoms with Gasteiger partial charge in [-0.25, -0.2) is 0 Å². The molecule has 0 bridgehead atoms. The Bertz CT molecular complexity index is 263. The Morgan fingerprint density at radius 2 is 2.38 bits per heavy atom. The Morgan fingerprint density at radius 1 is 1.56 bits per heavy atom. The second-order valence-corrected chi connectivity index (χ2v) is 3.61. The lowest BCUT2D eigenvalue weighted by molar-refractivity contribution is 0.0222. The SMILES string of the molecule is NCC1CCCCO1.OB(O)c1ccn[nH]1. The largest absolute Gasteiger partial charge is 0.507 e. The number of H-pyrrole nitrogens is 1. The Hall–Kier alpha value is -0.885. The lowest BCUT2D eigenvalue weighted by Gasteiger charge is -2.20. The summed E-state index contributed by atoms with van der Waals surface area (Å²) in [5.41, 5.74) is 5.69. The molecule has 1 aromatic heterocycles. The minimum atomic E-state index is -1.43. The quantitative estimate of drug-likeness (QED) is 0.465. The van der Waals surface area contributed by atoms with E-state index in [2.05, 4.69) is 10.2 Å². The summed E-state index contributed by atoms with van der Waals surface area (Å²) >= 11 is 0. The van der Waals surface area contributed by atoms with Gasteiger partial charge in [0.25, 0.3) is 0 Å². The lowest BCUT2D eigenvalue weighted by Crippen LogP contribution is -2.30. The number of hydrogen-bond acceptors (Lipinski definition) is 5. The van der Waals surface area contributed by atoms with Gasteiger partial charge in [-0.1, -0.05) is 0 Å². The number of aromatic amines is 1. The smallest absolute Gasteiger partial charge is 0.422 e. The van der Waals surface area contributed by atoms with Gasteiger partial charge in [0.1, 0.15) is 0 Å². The first-order valence-electron chi connectivity index (χ1n) is 5.41. The molecule has 0 aromatic carbocycles. The van der Waals surface area contributed by atoms with Gasteiger partial charge >= 0.3 is 7.12 Å². The average molecular weight is 227 g/mol. The maximum absolute atomic E-state index is 8.40. The monoisotopic (exact) mass is 227 g/mol. The van der Waals surface area contributed by atoms with Gasteiger partial charge in [-0.05, 0) is 25.3 Å². The van der Waals surface area contributed by atoms with Crippen molar-refractivity contribution in [2.45, 2.75) is 25.4 Å². The molecule has 5 N–H and O–H groups in total. The molecular weight excluding hydrogens is 209 g/mol. The van der Waals surface area contributed by atoms with Gasteiger partial charge in [-0.3, -0.25) is 5.10 Å². The number of nitrogens with one attached hydrogen (secondary N) is 1. The molecule has 0 amide bonds. The molecule has 2 heterocycles. The van der Waals surface area contributed by atoms with Crippen molar-refractivity contribution in [3.63, 3.8) is 0 Å². The average Bonchev–Trinajstić information content (AvgIpc) is 2.85. The summed E-state index contributed by atoms with van der Waals surface area (Å²) in [4.78, 5) is 0. The van der Waals surface area contributed by atoms with Crippen molar-refractivity contribution < 1.29 is 14.8 Å². The first-order valence-corrected chi connectivity index (χ1v) is 5.41. The van der Waals surface area contributed by atoms with Gasteiger partial charge in [0.2, 0.25) is 0 Å². The van der Waals surface area contributed by atoms with Crippen molar-refractivity contribution >= 4 is 12.7 Å². The number of ether oxygens (including phenoxy) is 1. The Morgan fingerprint density at radius 3 is 2.69 bits per heavy atom. The molecule has 1 aromatic rings. The zero-order valence-electron chi connectivity index (χ0n) is 9.17. The molecule has 1 saturated heterocycles. The van der Waals surface area contributed by atoms with Gasteiger partial charge in [0, 0.05) is 19.3 Å². The maximum atomic E-state index is 8.40. The third-order valence-electron chi connectivity index (χ3n) is 2.34. The normalized spacial score (nSPS) is 19.8. The fourth-order valence-corrected chi connectivity index (χ4v) is 1.40. The molecule has 7 heteroatoms. The third kappa shape index (κ3) is 4.76. The van der Waals surface area contributed by atoms with Crippen LogP contribution < -0.4 is 11.3 Å². The van der Waals surface area contributed by atoms with Gasteiger partial charge in [0.05, 0.1) is 11.7 Å². The van der Waals surface area contributed by atoms with E-state index < -0.39 is 7.12 Å². The number of nitrogens with zero attached hydrogens (tertiary/aromatic N) is 1. The molecule has 1 fully saturated rings. The van der Waals surface area contributed by atoms with Gasteiger partial charge in [-0.2, -0.15) is 5.10 Å². The summed E-state index contributed by atoms with van der Waals surface area (Å²) in [7, 11) is -1.43. The predicted octanol–water partition coefficient (Wildman–Crippen LogP) is -1.40. The second kappa shape index (κ2) is 7.40. The first-order chi connectivity index (χ1) is 7.74. The highest BCUT2D eigenvalue weighted by Gasteiger charge is 2.10. The first kappa shape index (κ1) is 13.2. The molecule has 2 rings (SSSR count). The minimum Gasteiger partial charge on any atom is -0.422 e. The van der Waals surface area contributed by atoms with Crippen LogP contribution in [0.3, 0.4) is 0 Å². The maximum Gasteiger partial charge on any atom is 0.507 e. The lowest BCUT2D eigenvalue weighted by atomic mass is 9.87. The number of nitrogens with two attached hydrogens (primary N) is 1. The second-order valence-electron chi connectivity index (χ2n) is 3.61. The van der Waals surface area contributed by atoms with E-state index in [0.717, 1.165) is 13.0 Å². The van der Waals surface area contributed by atoms with E-state index in [4.69, 9.17) is 20.5 Å². The molecule has 16 heavy (non-hydrogen) atoms. The van der Waals surface area contributed by atoms with Crippen molar-refractivity contribution in [2.75, 3.05) is 13.2 Å². The van der Waals surface area contributed by atoms with Crippen LogP contribution in [0, 0.1) is 0 Å². The number of aromatic nitrogens is 2. The summed E-state index contributed by atoms with van der Waals surface area (Å²) in [6.07, 6.45) is 5.49. The van der Waals surface area contributed by atoms with E-state index in [1.54, 1.807) is 0 Å². The molecule has 1 aliphatic rings. The molecule has 1 aliphatic heterocycles. The van der Waals surface area contributed by atoms with Crippen LogP contribution in [0.2, 0.25) is 0 Å². The van der Waals surface area contributed by atoms with Gasteiger partial charge in [0.15, 0.2) is 0 Å². The summed E-state index contributed by atoms with van der Waals surface area (Å²) in [5.74, 6) is 0. The van der Waals surface area contributed by atoms with Crippen LogP contribution in [0.1, 0.15) is 19.3 Å². The zero-order valence-corrected chi connectivity index (χ0v) is 9.17. The van der Waals surface area contributed by atoms with Crippen LogP contribution in [-0.4, -0.2) is 46.6 Å². The van der Waals surface area contributed by atoms with Crippen LogP contribution in [0.15, 0.2) is 12.3 Å². The summed E-state index contributed by atoms with van der Waals surface area (Å²) < 4.78 is 5.30. The highest BCUT2D eigenvalue weighted by atomic mass is 16.5. The van der Waals surface area contributed by atoms with Crippen molar-refractivity contribution in [3.8, 4) is 0 Å². The Labute approximate surface area is 95.0 Å². The predicted molar refractivity (Wildman–Crippen MR) is 61.1 cm³/mol. The zero-order chi connectivity index (χ0) is 11.8. The van der Waals surface area contributed by atoms with E-state index in [9.17, 15) is 0 Å². The summed E-state index contributed by atoms with van der Waals surface area (Å²) in [6.45, 7) is 1.61. The minimum absolute atomic E-state index is 0.310. The van der Waals surface area contributed by atoms with Crippen LogP contribution >= 0.6 is 0 Å². The molecule has 0 radical (unpaired) electrons. The van der Waals surface area contributed by atoms with Crippen molar-refractivity contribution in [1.82, 2.24) is 10.2 Å². The van der Waals surface area contributed by atoms with Crippen molar-refractivity contribution in [1.29, 1.82) is 0 Å². The topological polar surface area (TPSA) is 104 Å². The van der Waals surface area contributed by atoms with Crippen LogP contribution in [0.25, 0.3) is 0 Å². The van der Waals surface area contributed by atoms with Gasteiger partial charge in [-0.15, -0.1) is 0 Å². The standard InChI is InChI=1S/C6H13NO.C3H5BN2O2/c7-5-6-3-1-2-4-8-6;7-4(8)3-1-2-5-6-3/h6H,1-5,7H2;1-2,7-8H,(H,5,6). The fraction of sp³-hybridized carbons (Fsp3) is 0.667. The molecule has 0 spiro atoms. The number of hydrogen-bond donors (Lipinski definition) is 4. The van der Waals surface area contributed by atoms with Crippen molar-refractivity contribution in [2.24, 2.45) is 5.73 Å². The van der Waals surface area contributed by atoms with Crippen LogP contribution in [0.4, 0.5) is 0 Å². The highest BCUT2D eigenvalue weighted by molar-refractivity contribution is 6.57. The van der Waals surface area contributed by atoms with Crippen molar-refractivity contribution in [3.05, 3.63) is 12.3 Å². The number of rotatable bonds is 2. The van der Waals surface area contributed by atoms with E-state index in [-0.39, 0.29) is 0 Å². The Kier molecular flexibility index (Phi) is 6.09. The molecule has 6 nitrogen and oxygen atoms in total. The van der Waals surface area contributed by atoms with Gasteiger partial charge < -0.3 is 20.5 Å². The van der Waals surface area contributed by atoms with E-state index in [1.807, 2.05) is 0 Å². The molecule has 1 atom stereocenters. The molecule has 0 saturated carbocycles. The van der Waals surface area contributed by atoms with Crippen LogP contribution in [-0.2, 0) is 4.74 Å². The third-order valence-corrected chi connectivity index (χ3v) is 2.34. The van der Waals surface area contributed by atoms with E-state index in [0.29, 0.717) is 18.2 Å². The summed E-state index contributed by atoms with van der Waals surface area (Å²) in [5, 5.41) is 22.7. The fourth-order valence-electron chi connectivity index (χ4n) is 1.40. The molecular formula is C9H18BN3O3. The molecule has 0 aliphatic carbocycles. The van der Waals surface area contributed by atoms with E-state index >= 15 is 0 Å². The van der Waals surface area contributed by atoms with E-state index in [1.165, 1.54) is 25.1 Å². The Balaban J connectivity index is 0.000000160. The van der Waals surface area contributed by atoms with Crippen LogP contribution in [0.5, 0.6) is 0 Å². The molecule has 1 unspecified atom stereocenters. The molecule has 90 valence electrons. The highest BCUT2D eigenvalue weighted by Crippen LogP contribution is 2.10. The summed E-state index contributed by atoms with van der Waals surface area (Å²) in [6, 6.07) is 1.49.